The number of hydrogen-bond donors (Lipinski definition) is 0. The van der Waals surface area contributed by atoms with Crippen molar-refractivity contribution < 1.29 is 0 Å². The number of halogens is 1. The topological polar surface area (TPSA) is 0 Å². The van der Waals surface area contributed by atoms with Crippen LogP contribution < -0.4 is 0 Å². The van der Waals surface area contributed by atoms with E-state index in [4.69, 9.17) is 0 Å². The van der Waals surface area contributed by atoms with E-state index in [1.54, 1.807) is 0 Å². The van der Waals surface area contributed by atoms with Crippen molar-refractivity contribution in [2.75, 3.05) is 5.33 Å². The second-order valence-corrected chi connectivity index (χ2v) is 4.97. The molecule has 0 aliphatic heterocycles. The molecule has 1 aliphatic carbocycles. The minimum Gasteiger partial charge on any atom is -0.0925 e. The third-order valence-electron chi connectivity index (χ3n) is 3.10. The highest BCUT2D eigenvalue weighted by molar-refractivity contribution is 9.09. The van der Waals surface area contributed by atoms with E-state index in [-0.39, 0.29) is 0 Å². The van der Waals surface area contributed by atoms with Crippen LogP contribution in [-0.2, 0) is 0 Å². The third-order valence-corrected chi connectivity index (χ3v) is 3.56. The van der Waals surface area contributed by atoms with E-state index in [2.05, 4.69) is 52.3 Å². The first kappa shape index (κ1) is 10.9. The minimum atomic E-state index is 0.852. The van der Waals surface area contributed by atoms with Crippen LogP contribution in [0, 0.1) is 0 Å². The van der Waals surface area contributed by atoms with Crippen LogP contribution in [0.25, 0.3) is 6.08 Å². The zero-order chi connectivity index (χ0) is 10.5. The molecule has 0 atom stereocenters. The zero-order valence-electron chi connectivity index (χ0n) is 8.95. The van der Waals surface area contributed by atoms with Crippen LogP contribution in [0.2, 0.25) is 0 Å². The van der Waals surface area contributed by atoms with Gasteiger partial charge in [0.15, 0.2) is 0 Å². The average molecular weight is 265 g/mol. The van der Waals surface area contributed by atoms with Gasteiger partial charge in [0.1, 0.15) is 0 Å². The molecule has 0 radical (unpaired) electrons. The summed E-state index contributed by atoms with van der Waals surface area (Å²) in [5.74, 6) is 0.852. The third kappa shape index (κ3) is 2.94. The highest BCUT2D eigenvalue weighted by atomic mass is 79.9. The van der Waals surface area contributed by atoms with Gasteiger partial charge in [0, 0.05) is 5.33 Å². The van der Waals surface area contributed by atoms with Crippen molar-refractivity contribution >= 4 is 22.0 Å². The molecule has 1 aromatic rings. The summed E-state index contributed by atoms with van der Waals surface area (Å²) in [4.78, 5) is 0. The van der Waals surface area contributed by atoms with Gasteiger partial charge in [0.2, 0.25) is 0 Å². The van der Waals surface area contributed by atoms with Gasteiger partial charge < -0.3 is 0 Å². The molecule has 0 saturated heterocycles. The maximum atomic E-state index is 3.42. The predicted octanol–water partition coefficient (Wildman–Crippen LogP) is 4.75. The lowest BCUT2D eigenvalue weighted by Crippen LogP contribution is -2.08. The standard InChI is InChI=1S/C14H17Br/c15-11-2-1-4-12-7-9-14(10-8-12)13-5-3-6-13/h1,4,7-10,13H,2-3,5-6,11H2/b4-1+. The van der Waals surface area contributed by atoms with Crippen LogP contribution in [0.4, 0.5) is 0 Å². The molecule has 80 valence electrons. The second kappa shape index (κ2) is 5.50. The molecule has 0 spiro atoms. The molecule has 0 N–H and O–H groups in total. The molecule has 2 rings (SSSR count). The van der Waals surface area contributed by atoms with Crippen LogP contribution in [0.3, 0.4) is 0 Å². The van der Waals surface area contributed by atoms with Crippen molar-refractivity contribution in [1.82, 2.24) is 0 Å². The van der Waals surface area contributed by atoms with Crippen molar-refractivity contribution in [3.63, 3.8) is 0 Å². The Bertz CT molecular complexity index is 320. The zero-order valence-corrected chi connectivity index (χ0v) is 10.5. The Morgan fingerprint density at radius 3 is 2.47 bits per heavy atom. The Balaban J connectivity index is 1.97. The summed E-state index contributed by atoms with van der Waals surface area (Å²) in [5, 5.41) is 1.05. The first-order valence-electron chi connectivity index (χ1n) is 5.72. The Morgan fingerprint density at radius 2 is 1.93 bits per heavy atom. The number of benzene rings is 1. The lowest BCUT2D eigenvalue weighted by molar-refractivity contribution is 0.420. The molecular formula is C14H17Br. The summed E-state index contributed by atoms with van der Waals surface area (Å²) in [6.07, 6.45) is 9.71. The molecule has 1 fully saturated rings. The van der Waals surface area contributed by atoms with Gasteiger partial charge in [-0.1, -0.05) is 58.8 Å². The normalized spacial score (nSPS) is 16.9. The molecule has 15 heavy (non-hydrogen) atoms. The maximum Gasteiger partial charge on any atom is 0.00660 e. The van der Waals surface area contributed by atoms with Crippen molar-refractivity contribution in [3.8, 4) is 0 Å². The Labute approximate surface area is 101 Å². The fourth-order valence-corrected chi connectivity index (χ4v) is 2.17. The number of alkyl halides is 1. The van der Waals surface area contributed by atoms with Crippen molar-refractivity contribution in [3.05, 3.63) is 41.5 Å². The largest absolute Gasteiger partial charge is 0.0925 e. The first-order chi connectivity index (χ1) is 7.40. The Hall–Kier alpha value is -0.560. The monoisotopic (exact) mass is 264 g/mol. The lowest BCUT2D eigenvalue weighted by Gasteiger charge is -2.25. The molecule has 0 unspecified atom stereocenters. The van der Waals surface area contributed by atoms with Crippen LogP contribution in [-0.4, -0.2) is 5.33 Å². The van der Waals surface area contributed by atoms with Gasteiger partial charge in [0.25, 0.3) is 0 Å². The van der Waals surface area contributed by atoms with Crippen molar-refractivity contribution in [2.45, 2.75) is 31.6 Å². The van der Waals surface area contributed by atoms with E-state index >= 15 is 0 Å². The van der Waals surface area contributed by atoms with Crippen LogP contribution in [0.5, 0.6) is 0 Å². The SMILES string of the molecule is BrCC/C=C/c1ccc(C2CCC2)cc1. The van der Waals surface area contributed by atoms with E-state index in [1.807, 2.05) is 0 Å². The van der Waals surface area contributed by atoms with Gasteiger partial charge in [0.05, 0.1) is 0 Å². The Morgan fingerprint density at radius 1 is 1.20 bits per heavy atom. The highest BCUT2D eigenvalue weighted by Crippen LogP contribution is 2.36. The summed E-state index contributed by atoms with van der Waals surface area (Å²) in [7, 11) is 0. The maximum absolute atomic E-state index is 3.42. The van der Waals surface area contributed by atoms with E-state index in [0.29, 0.717) is 0 Å². The average Bonchev–Trinajstić information content (AvgIpc) is 2.18. The van der Waals surface area contributed by atoms with E-state index < -0.39 is 0 Å². The summed E-state index contributed by atoms with van der Waals surface area (Å²) in [6, 6.07) is 9.05. The fourth-order valence-electron chi connectivity index (χ4n) is 1.90. The van der Waals surface area contributed by atoms with Crippen LogP contribution in [0.15, 0.2) is 30.3 Å². The lowest BCUT2D eigenvalue weighted by atomic mass is 9.80. The number of rotatable bonds is 4. The van der Waals surface area contributed by atoms with Gasteiger partial charge in [-0.15, -0.1) is 0 Å². The van der Waals surface area contributed by atoms with Gasteiger partial charge in [-0.25, -0.2) is 0 Å². The molecule has 1 saturated carbocycles. The molecule has 0 heterocycles. The summed E-state index contributed by atoms with van der Waals surface area (Å²) in [5.41, 5.74) is 2.85. The highest BCUT2D eigenvalue weighted by Gasteiger charge is 2.18. The fraction of sp³-hybridized carbons (Fsp3) is 0.429. The molecule has 0 amide bonds. The molecule has 1 aliphatic rings. The molecule has 1 heteroatoms. The van der Waals surface area contributed by atoms with E-state index in [9.17, 15) is 0 Å². The molecule has 0 nitrogen and oxygen atoms in total. The summed E-state index contributed by atoms with van der Waals surface area (Å²) >= 11 is 3.42. The minimum absolute atomic E-state index is 0.852. The number of allylic oxidation sites excluding steroid dienone is 1. The van der Waals surface area contributed by atoms with E-state index in [1.165, 1.54) is 30.4 Å². The van der Waals surface area contributed by atoms with E-state index in [0.717, 1.165) is 17.7 Å². The predicted molar refractivity (Wildman–Crippen MR) is 70.5 cm³/mol. The van der Waals surface area contributed by atoms with Crippen molar-refractivity contribution in [1.29, 1.82) is 0 Å². The smallest absolute Gasteiger partial charge is 0.00660 e. The quantitative estimate of drug-likeness (QED) is 0.689. The summed E-state index contributed by atoms with van der Waals surface area (Å²) in [6.45, 7) is 0. The Kier molecular flexibility index (Phi) is 4.01. The second-order valence-electron chi connectivity index (χ2n) is 4.17. The van der Waals surface area contributed by atoms with Gasteiger partial charge in [-0.05, 0) is 36.3 Å². The first-order valence-corrected chi connectivity index (χ1v) is 6.85. The number of hydrogen-bond acceptors (Lipinski definition) is 0. The molecule has 0 aromatic heterocycles. The molecule has 1 aromatic carbocycles. The van der Waals surface area contributed by atoms with Gasteiger partial charge in [-0.3, -0.25) is 0 Å². The summed E-state index contributed by atoms with van der Waals surface area (Å²) < 4.78 is 0. The van der Waals surface area contributed by atoms with Crippen LogP contribution >= 0.6 is 15.9 Å². The van der Waals surface area contributed by atoms with Gasteiger partial charge >= 0.3 is 0 Å². The van der Waals surface area contributed by atoms with Gasteiger partial charge in [-0.2, -0.15) is 0 Å². The van der Waals surface area contributed by atoms with Crippen molar-refractivity contribution in [2.24, 2.45) is 0 Å². The molecular weight excluding hydrogens is 248 g/mol. The molecule has 0 bridgehead atoms. The van der Waals surface area contributed by atoms with Crippen LogP contribution in [0.1, 0.15) is 42.7 Å².